The summed E-state index contributed by atoms with van der Waals surface area (Å²) in [6.07, 6.45) is 0. The molecular weight excluding hydrogens is 224 g/mol. The highest BCUT2D eigenvalue weighted by atomic mass is 35.5. The highest BCUT2D eigenvalue weighted by Gasteiger charge is 2.14. The van der Waals surface area contributed by atoms with Crippen LogP contribution in [-0.4, -0.2) is 11.7 Å². The lowest BCUT2D eigenvalue weighted by atomic mass is 10.2. The maximum atomic E-state index is 6.17. The number of hydrogen-bond acceptors (Lipinski definition) is 2. The van der Waals surface area contributed by atoms with E-state index in [9.17, 15) is 0 Å². The van der Waals surface area contributed by atoms with Crippen LogP contribution in [-0.2, 0) is 7.05 Å². The SMILES string of the molecule is COc1ccc(Cl)c2cc(C(C)N)n(C)c12. The average molecular weight is 239 g/mol. The molecule has 16 heavy (non-hydrogen) atoms. The monoisotopic (exact) mass is 238 g/mol. The number of methoxy groups -OCH3 is 1. The summed E-state index contributed by atoms with van der Waals surface area (Å²) in [4.78, 5) is 0. The first-order valence-electron chi connectivity index (χ1n) is 5.13. The van der Waals surface area contributed by atoms with Gasteiger partial charge in [-0.2, -0.15) is 0 Å². The molecule has 2 aromatic rings. The van der Waals surface area contributed by atoms with E-state index >= 15 is 0 Å². The molecule has 1 aromatic carbocycles. The van der Waals surface area contributed by atoms with E-state index in [1.165, 1.54) is 0 Å². The van der Waals surface area contributed by atoms with E-state index in [2.05, 4.69) is 0 Å². The molecule has 1 heterocycles. The van der Waals surface area contributed by atoms with Crippen LogP contribution in [0.15, 0.2) is 18.2 Å². The van der Waals surface area contributed by atoms with Crippen LogP contribution >= 0.6 is 11.6 Å². The number of nitrogens with two attached hydrogens (primary N) is 1. The van der Waals surface area contributed by atoms with Gasteiger partial charge in [0.2, 0.25) is 0 Å². The van der Waals surface area contributed by atoms with Gasteiger partial charge >= 0.3 is 0 Å². The smallest absolute Gasteiger partial charge is 0.143 e. The second kappa shape index (κ2) is 4.00. The number of benzene rings is 1. The zero-order valence-corrected chi connectivity index (χ0v) is 10.4. The molecule has 0 aliphatic carbocycles. The van der Waals surface area contributed by atoms with Gasteiger partial charge in [0.15, 0.2) is 0 Å². The Morgan fingerprint density at radius 2 is 2.12 bits per heavy atom. The number of halogens is 1. The average Bonchev–Trinajstić information content (AvgIpc) is 2.59. The summed E-state index contributed by atoms with van der Waals surface area (Å²) in [5.74, 6) is 0.814. The van der Waals surface area contributed by atoms with Gasteiger partial charge in [0.05, 0.1) is 17.6 Å². The van der Waals surface area contributed by atoms with E-state index < -0.39 is 0 Å². The van der Waals surface area contributed by atoms with Gasteiger partial charge in [0.1, 0.15) is 5.75 Å². The fourth-order valence-electron chi connectivity index (χ4n) is 2.02. The molecule has 0 aliphatic heterocycles. The highest BCUT2D eigenvalue weighted by molar-refractivity contribution is 6.35. The molecular formula is C12H15ClN2O. The number of aryl methyl sites for hydroxylation is 1. The van der Waals surface area contributed by atoms with Gasteiger partial charge in [-0.15, -0.1) is 0 Å². The summed E-state index contributed by atoms with van der Waals surface area (Å²) in [5.41, 5.74) is 7.95. The minimum absolute atomic E-state index is 0.0295. The van der Waals surface area contributed by atoms with Gasteiger partial charge in [0, 0.05) is 24.2 Å². The molecule has 1 aromatic heterocycles. The number of nitrogens with zero attached hydrogens (tertiary/aromatic N) is 1. The van der Waals surface area contributed by atoms with Crippen LogP contribution in [0.4, 0.5) is 0 Å². The molecule has 1 atom stereocenters. The molecule has 0 saturated carbocycles. The Labute approximate surface area is 99.7 Å². The highest BCUT2D eigenvalue weighted by Crippen LogP contribution is 2.34. The Bertz CT molecular complexity index is 531. The van der Waals surface area contributed by atoms with Crippen molar-refractivity contribution in [1.29, 1.82) is 0 Å². The fraction of sp³-hybridized carbons (Fsp3) is 0.333. The van der Waals surface area contributed by atoms with Crippen molar-refractivity contribution in [3.8, 4) is 5.75 Å². The van der Waals surface area contributed by atoms with E-state index in [0.717, 1.165) is 27.4 Å². The van der Waals surface area contributed by atoms with Crippen LogP contribution in [0.3, 0.4) is 0 Å². The van der Waals surface area contributed by atoms with Crippen molar-refractivity contribution >= 4 is 22.5 Å². The van der Waals surface area contributed by atoms with E-state index in [4.69, 9.17) is 22.1 Å². The van der Waals surface area contributed by atoms with E-state index in [-0.39, 0.29) is 6.04 Å². The van der Waals surface area contributed by atoms with Crippen molar-refractivity contribution in [2.45, 2.75) is 13.0 Å². The quantitative estimate of drug-likeness (QED) is 0.874. The predicted octanol–water partition coefficient (Wildman–Crippen LogP) is 2.86. The number of rotatable bonds is 2. The molecule has 2 N–H and O–H groups in total. The third-order valence-electron chi connectivity index (χ3n) is 2.83. The predicted molar refractivity (Wildman–Crippen MR) is 67.1 cm³/mol. The zero-order valence-electron chi connectivity index (χ0n) is 9.62. The summed E-state index contributed by atoms with van der Waals surface area (Å²) in [6.45, 7) is 1.95. The Morgan fingerprint density at radius 3 is 2.69 bits per heavy atom. The lowest BCUT2D eigenvalue weighted by molar-refractivity contribution is 0.417. The molecule has 0 spiro atoms. The van der Waals surface area contributed by atoms with E-state index in [1.807, 2.05) is 36.7 Å². The minimum Gasteiger partial charge on any atom is -0.495 e. The largest absolute Gasteiger partial charge is 0.495 e. The van der Waals surface area contributed by atoms with Crippen LogP contribution in [0.1, 0.15) is 18.7 Å². The normalized spacial score (nSPS) is 13.1. The molecule has 2 rings (SSSR count). The molecule has 0 radical (unpaired) electrons. The number of aromatic nitrogens is 1. The first-order valence-corrected chi connectivity index (χ1v) is 5.51. The van der Waals surface area contributed by atoms with Gasteiger partial charge in [0.25, 0.3) is 0 Å². The molecule has 0 fully saturated rings. The van der Waals surface area contributed by atoms with Gasteiger partial charge in [-0.1, -0.05) is 11.6 Å². The molecule has 3 nitrogen and oxygen atoms in total. The van der Waals surface area contributed by atoms with Gasteiger partial charge in [-0.05, 0) is 25.1 Å². The van der Waals surface area contributed by atoms with Crippen LogP contribution in [0.25, 0.3) is 10.9 Å². The second-order valence-electron chi connectivity index (χ2n) is 3.93. The summed E-state index contributed by atoms with van der Waals surface area (Å²) >= 11 is 6.17. The van der Waals surface area contributed by atoms with Gasteiger partial charge in [-0.3, -0.25) is 0 Å². The standard InChI is InChI=1S/C12H15ClN2O/c1-7(14)10-6-8-9(13)4-5-11(16-3)12(8)15(10)2/h4-7H,14H2,1-3H3. The van der Waals surface area contributed by atoms with Crippen molar-refractivity contribution in [2.75, 3.05) is 7.11 Å². The van der Waals surface area contributed by atoms with Crippen molar-refractivity contribution < 1.29 is 4.74 Å². The van der Waals surface area contributed by atoms with Gasteiger partial charge in [-0.25, -0.2) is 0 Å². The molecule has 86 valence electrons. The second-order valence-corrected chi connectivity index (χ2v) is 4.34. The Kier molecular flexibility index (Phi) is 2.82. The first kappa shape index (κ1) is 11.3. The Hall–Kier alpha value is -1.19. The molecule has 0 aliphatic rings. The summed E-state index contributed by atoms with van der Waals surface area (Å²) in [6, 6.07) is 5.70. The van der Waals surface area contributed by atoms with Crippen molar-refractivity contribution in [1.82, 2.24) is 4.57 Å². The first-order chi connectivity index (χ1) is 7.56. The Balaban J connectivity index is 2.84. The topological polar surface area (TPSA) is 40.2 Å². The third kappa shape index (κ3) is 1.56. The van der Waals surface area contributed by atoms with Crippen molar-refractivity contribution in [3.05, 3.63) is 28.9 Å². The maximum absolute atomic E-state index is 6.17. The summed E-state index contributed by atoms with van der Waals surface area (Å²) in [7, 11) is 3.63. The van der Waals surface area contributed by atoms with Gasteiger partial charge < -0.3 is 15.0 Å². The van der Waals surface area contributed by atoms with Crippen LogP contribution in [0, 0.1) is 0 Å². The third-order valence-corrected chi connectivity index (χ3v) is 3.16. The Morgan fingerprint density at radius 1 is 1.44 bits per heavy atom. The van der Waals surface area contributed by atoms with Crippen LogP contribution < -0.4 is 10.5 Å². The molecule has 0 saturated heterocycles. The maximum Gasteiger partial charge on any atom is 0.143 e. The van der Waals surface area contributed by atoms with E-state index in [1.54, 1.807) is 7.11 Å². The van der Waals surface area contributed by atoms with E-state index in [0.29, 0.717) is 0 Å². The lowest BCUT2D eigenvalue weighted by Crippen LogP contribution is -2.09. The van der Waals surface area contributed by atoms with Crippen LogP contribution in [0.5, 0.6) is 5.75 Å². The fourth-order valence-corrected chi connectivity index (χ4v) is 2.23. The number of hydrogen-bond donors (Lipinski definition) is 1. The van der Waals surface area contributed by atoms with Crippen LogP contribution in [0.2, 0.25) is 5.02 Å². The lowest BCUT2D eigenvalue weighted by Gasteiger charge is -2.09. The molecule has 4 heteroatoms. The van der Waals surface area contributed by atoms with Crippen molar-refractivity contribution in [2.24, 2.45) is 12.8 Å². The molecule has 1 unspecified atom stereocenters. The summed E-state index contributed by atoms with van der Waals surface area (Å²) in [5, 5.41) is 1.70. The summed E-state index contributed by atoms with van der Waals surface area (Å²) < 4.78 is 7.37. The van der Waals surface area contributed by atoms with Crippen molar-refractivity contribution in [3.63, 3.8) is 0 Å². The molecule has 0 bridgehead atoms. The minimum atomic E-state index is -0.0295. The number of ether oxygens (including phenoxy) is 1. The zero-order chi connectivity index (χ0) is 11.9. The molecule has 0 amide bonds. The number of fused-ring (bicyclic) bond motifs is 1.